The van der Waals surface area contributed by atoms with E-state index in [9.17, 15) is 14.4 Å². The number of amides is 3. The highest BCUT2D eigenvalue weighted by atomic mass is 16.5. The summed E-state index contributed by atoms with van der Waals surface area (Å²) in [5, 5.41) is 2.36. The average molecular weight is 430 g/mol. The van der Waals surface area contributed by atoms with E-state index in [1.54, 1.807) is 18.4 Å². The third-order valence-electron chi connectivity index (χ3n) is 5.07. The fraction of sp³-hybridized carbons (Fsp3) is 0.160. The van der Waals surface area contributed by atoms with Crippen molar-refractivity contribution in [2.45, 2.75) is 26.5 Å². The number of carbonyl (C=O) groups excluding carboxylic acids is 3. The molecule has 7 heteroatoms. The summed E-state index contributed by atoms with van der Waals surface area (Å²) in [5.74, 6) is -0.140. The number of benzene rings is 2. The molecule has 2 aromatic carbocycles. The minimum Gasteiger partial charge on any atom is -0.464 e. The summed E-state index contributed by atoms with van der Waals surface area (Å²) in [7, 11) is 0. The van der Waals surface area contributed by atoms with Gasteiger partial charge in [-0.1, -0.05) is 54.6 Å². The molecule has 0 unspecified atom stereocenters. The lowest BCUT2D eigenvalue weighted by Crippen LogP contribution is -2.27. The number of carbonyl (C=O) groups is 3. The predicted molar refractivity (Wildman–Crippen MR) is 117 cm³/mol. The lowest BCUT2D eigenvalue weighted by Gasteiger charge is -2.15. The number of hydrogen-bond acceptors (Lipinski definition) is 5. The SMILES string of the molecule is CC(=O)OCc1ccoc1-c1cccc(C/C=C2/C(=O)NC(=O)N2Cc2ccccc2)c1. The molecule has 2 heterocycles. The molecule has 1 aromatic heterocycles. The van der Waals surface area contributed by atoms with Crippen LogP contribution in [0.2, 0.25) is 0 Å². The molecule has 3 aromatic rings. The van der Waals surface area contributed by atoms with Crippen molar-refractivity contribution >= 4 is 17.9 Å². The summed E-state index contributed by atoms with van der Waals surface area (Å²) in [6, 6.07) is 18.5. The fourth-order valence-electron chi connectivity index (χ4n) is 3.52. The number of furan rings is 1. The Morgan fingerprint density at radius 2 is 1.84 bits per heavy atom. The number of allylic oxidation sites excluding steroid dienone is 1. The average Bonchev–Trinajstić information content (AvgIpc) is 3.36. The van der Waals surface area contributed by atoms with E-state index in [0.29, 0.717) is 24.4 Å². The monoisotopic (exact) mass is 430 g/mol. The van der Waals surface area contributed by atoms with Crippen molar-refractivity contribution in [2.75, 3.05) is 0 Å². The summed E-state index contributed by atoms with van der Waals surface area (Å²) < 4.78 is 10.7. The van der Waals surface area contributed by atoms with Crippen LogP contribution >= 0.6 is 0 Å². The predicted octanol–water partition coefficient (Wildman–Crippen LogP) is 4.19. The smallest absolute Gasteiger partial charge is 0.329 e. The molecule has 7 nitrogen and oxygen atoms in total. The lowest BCUT2D eigenvalue weighted by atomic mass is 10.0. The summed E-state index contributed by atoms with van der Waals surface area (Å²) in [5.41, 5.74) is 3.81. The number of urea groups is 1. The van der Waals surface area contributed by atoms with Gasteiger partial charge in [0.2, 0.25) is 0 Å². The maximum absolute atomic E-state index is 12.3. The Bertz CT molecular complexity index is 1180. The van der Waals surface area contributed by atoms with Crippen LogP contribution in [-0.4, -0.2) is 22.8 Å². The van der Waals surface area contributed by atoms with Crippen molar-refractivity contribution in [1.29, 1.82) is 0 Å². The van der Waals surface area contributed by atoms with Crippen molar-refractivity contribution in [1.82, 2.24) is 10.2 Å². The van der Waals surface area contributed by atoms with Gasteiger partial charge >= 0.3 is 12.0 Å². The topological polar surface area (TPSA) is 88.8 Å². The first-order valence-electron chi connectivity index (χ1n) is 10.2. The molecule has 0 radical (unpaired) electrons. The van der Waals surface area contributed by atoms with E-state index >= 15 is 0 Å². The number of rotatable bonds is 7. The van der Waals surface area contributed by atoms with Gasteiger partial charge in [0.25, 0.3) is 5.91 Å². The number of nitrogens with one attached hydrogen (secondary N) is 1. The van der Waals surface area contributed by atoms with Crippen LogP contribution in [0.25, 0.3) is 11.3 Å². The third kappa shape index (κ3) is 4.78. The van der Waals surface area contributed by atoms with Crippen molar-refractivity contribution in [3.63, 3.8) is 0 Å². The lowest BCUT2D eigenvalue weighted by molar-refractivity contribution is -0.142. The normalized spacial score (nSPS) is 14.7. The van der Waals surface area contributed by atoms with Gasteiger partial charge in [-0.15, -0.1) is 0 Å². The van der Waals surface area contributed by atoms with Gasteiger partial charge in [0.1, 0.15) is 18.1 Å². The highest BCUT2D eigenvalue weighted by molar-refractivity contribution is 6.11. The number of imide groups is 1. The van der Waals surface area contributed by atoms with E-state index in [2.05, 4.69) is 5.32 Å². The molecule has 1 aliphatic rings. The van der Waals surface area contributed by atoms with Crippen LogP contribution in [0.4, 0.5) is 4.79 Å². The van der Waals surface area contributed by atoms with Crippen LogP contribution in [0.3, 0.4) is 0 Å². The fourth-order valence-corrected chi connectivity index (χ4v) is 3.52. The van der Waals surface area contributed by atoms with Gasteiger partial charge in [0.05, 0.1) is 12.8 Å². The van der Waals surface area contributed by atoms with Gasteiger partial charge < -0.3 is 9.15 Å². The number of hydrogen-bond donors (Lipinski definition) is 1. The number of ether oxygens (including phenoxy) is 1. The minimum absolute atomic E-state index is 0.131. The third-order valence-corrected chi connectivity index (χ3v) is 5.07. The molecule has 1 saturated heterocycles. The molecule has 1 fully saturated rings. The summed E-state index contributed by atoms with van der Waals surface area (Å²) in [4.78, 5) is 37.2. The molecule has 162 valence electrons. The van der Waals surface area contributed by atoms with Crippen LogP contribution in [0.15, 0.2) is 83.1 Å². The van der Waals surface area contributed by atoms with Crippen LogP contribution in [0, 0.1) is 0 Å². The van der Waals surface area contributed by atoms with Crippen molar-refractivity contribution in [2.24, 2.45) is 0 Å². The van der Waals surface area contributed by atoms with E-state index in [-0.39, 0.29) is 12.6 Å². The summed E-state index contributed by atoms with van der Waals surface area (Å²) in [6.45, 7) is 1.81. The zero-order valence-corrected chi connectivity index (χ0v) is 17.5. The van der Waals surface area contributed by atoms with Gasteiger partial charge in [-0.2, -0.15) is 0 Å². The van der Waals surface area contributed by atoms with Crippen LogP contribution in [0.5, 0.6) is 0 Å². The van der Waals surface area contributed by atoms with Crippen LogP contribution in [0.1, 0.15) is 23.6 Å². The maximum atomic E-state index is 12.3. The Labute approximate surface area is 185 Å². The van der Waals surface area contributed by atoms with Gasteiger partial charge in [0.15, 0.2) is 0 Å². The zero-order chi connectivity index (χ0) is 22.5. The standard InChI is InChI=1S/C25H22N2O5/c1-17(28)32-16-21-12-13-31-23(21)20-9-5-8-18(14-20)10-11-22-24(29)26-25(30)27(22)15-19-6-3-2-4-7-19/h2-9,11-14H,10,15-16H2,1H3,(H,26,29,30)/b22-11-. The molecule has 4 rings (SSSR count). The molecule has 0 atom stereocenters. The minimum atomic E-state index is -0.426. The molecule has 1 aliphatic heterocycles. The van der Waals surface area contributed by atoms with Crippen LogP contribution < -0.4 is 5.32 Å². The van der Waals surface area contributed by atoms with Gasteiger partial charge in [-0.25, -0.2) is 4.79 Å². The van der Waals surface area contributed by atoms with E-state index in [0.717, 1.165) is 22.3 Å². The Kier molecular flexibility index (Phi) is 6.17. The highest BCUT2D eigenvalue weighted by Crippen LogP contribution is 2.27. The summed E-state index contributed by atoms with van der Waals surface area (Å²) in [6.07, 6.45) is 3.76. The Balaban J connectivity index is 1.53. The largest absolute Gasteiger partial charge is 0.464 e. The van der Waals surface area contributed by atoms with Crippen molar-refractivity contribution < 1.29 is 23.5 Å². The first kappa shape index (κ1) is 21.1. The van der Waals surface area contributed by atoms with Crippen molar-refractivity contribution in [3.8, 4) is 11.3 Å². The van der Waals surface area contributed by atoms with E-state index in [4.69, 9.17) is 9.15 Å². The molecular formula is C25H22N2O5. The van der Waals surface area contributed by atoms with Gasteiger partial charge in [-0.05, 0) is 29.7 Å². The molecule has 1 N–H and O–H groups in total. The molecule has 0 bridgehead atoms. The van der Waals surface area contributed by atoms with Crippen molar-refractivity contribution in [3.05, 3.63) is 95.4 Å². The van der Waals surface area contributed by atoms with Gasteiger partial charge in [0, 0.05) is 18.1 Å². The molecule has 0 aliphatic carbocycles. The molecule has 0 saturated carbocycles. The van der Waals surface area contributed by atoms with E-state index in [1.807, 2.05) is 54.6 Å². The quantitative estimate of drug-likeness (QED) is 0.345. The molecule has 32 heavy (non-hydrogen) atoms. The molecular weight excluding hydrogens is 408 g/mol. The Morgan fingerprint density at radius 3 is 2.62 bits per heavy atom. The Morgan fingerprint density at radius 1 is 1.06 bits per heavy atom. The number of esters is 1. The molecule has 3 amide bonds. The maximum Gasteiger partial charge on any atom is 0.329 e. The number of nitrogens with zero attached hydrogens (tertiary/aromatic N) is 1. The van der Waals surface area contributed by atoms with Gasteiger partial charge in [-0.3, -0.25) is 19.8 Å². The second-order valence-corrected chi connectivity index (χ2v) is 7.38. The van der Waals surface area contributed by atoms with Crippen LogP contribution in [-0.2, 0) is 33.9 Å². The zero-order valence-electron chi connectivity index (χ0n) is 17.5. The summed E-state index contributed by atoms with van der Waals surface area (Å²) >= 11 is 0. The first-order chi connectivity index (χ1) is 15.5. The second kappa shape index (κ2) is 9.34. The van der Waals surface area contributed by atoms with E-state index < -0.39 is 11.9 Å². The Hall–Kier alpha value is -4.13. The first-order valence-corrected chi connectivity index (χ1v) is 10.2. The van der Waals surface area contributed by atoms with E-state index in [1.165, 1.54) is 11.8 Å². The highest BCUT2D eigenvalue weighted by Gasteiger charge is 2.32. The molecule has 0 spiro atoms. The second-order valence-electron chi connectivity index (χ2n) is 7.38.